The van der Waals surface area contributed by atoms with Gasteiger partial charge in [-0.1, -0.05) is 6.07 Å². The average Bonchev–Trinajstić information content (AvgIpc) is 2.28. The number of hydrogen-bond acceptors (Lipinski definition) is 4. The molecule has 0 bridgehead atoms. The van der Waals surface area contributed by atoms with Gasteiger partial charge in [0, 0.05) is 12.1 Å². The summed E-state index contributed by atoms with van der Waals surface area (Å²) in [5.41, 5.74) is -0.392. The lowest BCUT2D eigenvalue weighted by atomic mass is 9.78. The molecule has 0 saturated carbocycles. The Morgan fingerprint density at radius 2 is 2.22 bits per heavy atom. The van der Waals surface area contributed by atoms with Gasteiger partial charge in [-0.15, -0.1) is 0 Å². The fourth-order valence-corrected chi connectivity index (χ4v) is 1.82. The van der Waals surface area contributed by atoms with E-state index in [-0.39, 0.29) is 5.69 Å². The molecule has 0 spiro atoms. The molecule has 6 nitrogen and oxygen atoms in total. The lowest BCUT2D eigenvalue weighted by Gasteiger charge is -2.21. The Morgan fingerprint density at radius 1 is 1.61 bits per heavy atom. The van der Waals surface area contributed by atoms with Gasteiger partial charge in [0.2, 0.25) is 0 Å². The number of nitro groups is 1. The van der Waals surface area contributed by atoms with Crippen LogP contribution in [0.3, 0.4) is 0 Å². The van der Waals surface area contributed by atoms with Crippen LogP contribution >= 0.6 is 0 Å². The number of aryl methyl sites for hydroxylation is 1. The lowest BCUT2D eigenvalue weighted by Crippen LogP contribution is -2.25. The minimum atomic E-state index is -1.28. The zero-order valence-corrected chi connectivity index (χ0v) is 10.0. The van der Waals surface area contributed by atoms with Gasteiger partial charge in [-0.25, -0.2) is 0 Å². The van der Waals surface area contributed by atoms with Gasteiger partial charge in [0.25, 0.3) is 5.69 Å². The molecule has 1 aromatic rings. The number of benzene rings is 1. The monoisotopic (exact) mass is 248 g/mol. The maximum absolute atomic E-state index is 10.8. The van der Waals surface area contributed by atoms with Crippen LogP contribution in [0.25, 0.3) is 0 Å². The highest BCUT2D eigenvalue weighted by molar-refractivity contribution is 5.70. The standard InChI is InChI=1S/C12H12N2O4/c1-8-3-4-9(14(17)18)5-10(8)12(2,7-13)6-11(15)16/h3-5H,6H2,1-2H3,(H,15,16). The Kier molecular flexibility index (Phi) is 3.67. The van der Waals surface area contributed by atoms with Crippen LogP contribution in [0.5, 0.6) is 0 Å². The van der Waals surface area contributed by atoms with Crippen LogP contribution in [0.2, 0.25) is 0 Å². The molecule has 6 heteroatoms. The molecule has 0 radical (unpaired) electrons. The summed E-state index contributed by atoms with van der Waals surface area (Å²) in [7, 11) is 0. The van der Waals surface area contributed by atoms with Crippen molar-refractivity contribution in [3.8, 4) is 6.07 Å². The van der Waals surface area contributed by atoms with Crippen LogP contribution in [0.4, 0.5) is 5.69 Å². The summed E-state index contributed by atoms with van der Waals surface area (Å²) in [4.78, 5) is 20.9. The number of carboxylic acid groups (broad SMARTS) is 1. The molecule has 1 unspecified atom stereocenters. The molecule has 0 fully saturated rings. The highest BCUT2D eigenvalue weighted by atomic mass is 16.6. The highest BCUT2D eigenvalue weighted by Gasteiger charge is 2.32. The fraction of sp³-hybridized carbons (Fsp3) is 0.333. The summed E-state index contributed by atoms with van der Waals surface area (Å²) in [6.45, 7) is 3.16. The van der Waals surface area contributed by atoms with E-state index >= 15 is 0 Å². The fourth-order valence-electron chi connectivity index (χ4n) is 1.82. The third-order valence-corrected chi connectivity index (χ3v) is 2.78. The third kappa shape index (κ3) is 2.63. The molecule has 1 rings (SSSR count). The molecule has 0 aromatic heterocycles. The van der Waals surface area contributed by atoms with Gasteiger partial charge in [-0.2, -0.15) is 5.26 Å². The van der Waals surface area contributed by atoms with Crippen LogP contribution in [-0.4, -0.2) is 16.0 Å². The summed E-state index contributed by atoms with van der Waals surface area (Å²) < 4.78 is 0. The molecule has 0 amide bonds. The first kappa shape index (κ1) is 13.6. The number of rotatable bonds is 4. The molecule has 1 aromatic carbocycles. The van der Waals surface area contributed by atoms with Crippen molar-refractivity contribution in [2.45, 2.75) is 25.7 Å². The van der Waals surface area contributed by atoms with E-state index in [0.717, 1.165) is 0 Å². The van der Waals surface area contributed by atoms with E-state index < -0.39 is 22.7 Å². The molecule has 0 aliphatic heterocycles. The van der Waals surface area contributed by atoms with Crippen molar-refractivity contribution in [2.75, 3.05) is 0 Å². The molecule has 0 heterocycles. The summed E-state index contributed by atoms with van der Waals surface area (Å²) in [5.74, 6) is -1.12. The predicted octanol–water partition coefficient (Wildman–Crippen LogP) is 2.16. The van der Waals surface area contributed by atoms with Crippen molar-refractivity contribution >= 4 is 11.7 Å². The zero-order valence-electron chi connectivity index (χ0n) is 10.0. The SMILES string of the molecule is Cc1ccc([N+](=O)[O-])cc1C(C)(C#N)CC(=O)O. The second-order valence-electron chi connectivity index (χ2n) is 4.27. The Hall–Kier alpha value is -2.42. The third-order valence-electron chi connectivity index (χ3n) is 2.78. The number of nitriles is 1. The van der Waals surface area contributed by atoms with Gasteiger partial charge in [-0.3, -0.25) is 14.9 Å². The van der Waals surface area contributed by atoms with Crippen molar-refractivity contribution in [3.05, 3.63) is 39.4 Å². The maximum atomic E-state index is 10.8. The predicted molar refractivity (Wildman–Crippen MR) is 63.1 cm³/mol. The Bertz CT molecular complexity index is 547. The second kappa shape index (κ2) is 4.84. The molecular formula is C12H12N2O4. The topological polar surface area (TPSA) is 104 Å². The van der Waals surface area contributed by atoms with Crippen molar-refractivity contribution in [2.24, 2.45) is 0 Å². The smallest absolute Gasteiger partial charge is 0.305 e. The first-order valence-corrected chi connectivity index (χ1v) is 5.19. The largest absolute Gasteiger partial charge is 0.481 e. The van der Waals surface area contributed by atoms with E-state index in [9.17, 15) is 14.9 Å². The van der Waals surface area contributed by atoms with Crippen molar-refractivity contribution < 1.29 is 14.8 Å². The summed E-state index contributed by atoms with van der Waals surface area (Å²) in [6, 6.07) is 6.04. The maximum Gasteiger partial charge on any atom is 0.305 e. The quantitative estimate of drug-likeness (QED) is 0.649. The first-order valence-electron chi connectivity index (χ1n) is 5.19. The zero-order chi connectivity index (χ0) is 13.9. The Balaban J connectivity index is 3.37. The van der Waals surface area contributed by atoms with E-state index in [4.69, 9.17) is 10.4 Å². The van der Waals surface area contributed by atoms with Gasteiger partial charge >= 0.3 is 5.97 Å². The van der Waals surface area contributed by atoms with E-state index in [1.807, 2.05) is 6.07 Å². The normalized spacial score (nSPS) is 13.4. The van der Waals surface area contributed by atoms with Crippen molar-refractivity contribution in [3.63, 3.8) is 0 Å². The minimum Gasteiger partial charge on any atom is -0.481 e. The van der Waals surface area contributed by atoms with E-state index in [1.54, 1.807) is 6.92 Å². The number of nitro benzene ring substituents is 1. The van der Waals surface area contributed by atoms with Crippen molar-refractivity contribution in [1.82, 2.24) is 0 Å². The van der Waals surface area contributed by atoms with Crippen LogP contribution in [0.15, 0.2) is 18.2 Å². The number of carboxylic acids is 1. The number of non-ortho nitro benzene ring substituents is 1. The van der Waals surface area contributed by atoms with E-state index in [0.29, 0.717) is 11.1 Å². The van der Waals surface area contributed by atoms with Gasteiger partial charge in [0.15, 0.2) is 0 Å². The number of aliphatic carboxylic acids is 1. The van der Waals surface area contributed by atoms with Gasteiger partial charge in [-0.05, 0) is 25.0 Å². The lowest BCUT2D eigenvalue weighted by molar-refractivity contribution is -0.385. The van der Waals surface area contributed by atoms with Crippen LogP contribution in [0, 0.1) is 28.4 Å². The minimum absolute atomic E-state index is 0.150. The average molecular weight is 248 g/mol. The van der Waals surface area contributed by atoms with Gasteiger partial charge in [0.1, 0.15) is 0 Å². The molecule has 94 valence electrons. The van der Waals surface area contributed by atoms with Gasteiger partial charge < -0.3 is 5.11 Å². The first-order chi connectivity index (χ1) is 8.30. The van der Waals surface area contributed by atoms with E-state index in [2.05, 4.69) is 0 Å². The molecule has 0 aliphatic rings. The molecule has 1 N–H and O–H groups in total. The molecule has 18 heavy (non-hydrogen) atoms. The summed E-state index contributed by atoms with van der Waals surface area (Å²) >= 11 is 0. The number of hydrogen-bond donors (Lipinski definition) is 1. The molecule has 1 atom stereocenters. The Labute approximate surface area is 104 Å². The molecule has 0 aliphatic carbocycles. The van der Waals surface area contributed by atoms with Crippen LogP contribution < -0.4 is 0 Å². The number of nitrogens with zero attached hydrogens (tertiary/aromatic N) is 2. The van der Waals surface area contributed by atoms with Gasteiger partial charge in [0.05, 0.1) is 22.8 Å². The highest BCUT2D eigenvalue weighted by Crippen LogP contribution is 2.32. The van der Waals surface area contributed by atoms with Crippen LogP contribution in [0.1, 0.15) is 24.5 Å². The Morgan fingerprint density at radius 3 is 2.67 bits per heavy atom. The van der Waals surface area contributed by atoms with E-state index in [1.165, 1.54) is 25.1 Å². The second-order valence-corrected chi connectivity index (χ2v) is 4.27. The molecule has 0 saturated heterocycles. The van der Waals surface area contributed by atoms with Crippen molar-refractivity contribution in [1.29, 1.82) is 5.26 Å². The summed E-state index contributed by atoms with van der Waals surface area (Å²) in [5, 5.41) is 28.7. The van der Waals surface area contributed by atoms with Crippen LogP contribution in [-0.2, 0) is 10.2 Å². The number of carbonyl (C=O) groups is 1. The summed E-state index contributed by atoms with van der Waals surface area (Å²) in [6.07, 6.45) is -0.397. The molecular weight excluding hydrogens is 236 g/mol.